The van der Waals surface area contributed by atoms with Crippen LogP contribution >= 0.6 is 15.9 Å². The Bertz CT molecular complexity index is 360. The van der Waals surface area contributed by atoms with Crippen molar-refractivity contribution in [3.05, 3.63) is 28.2 Å². The summed E-state index contributed by atoms with van der Waals surface area (Å²) in [5, 5.41) is 8.91. The first-order valence-corrected chi connectivity index (χ1v) is 5.48. The predicted molar refractivity (Wildman–Crippen MR) is 60.8 cm³/mol. The summed E-state index contributed by atoms with van der Waals surface area (Å²) in [5.74, 6) is 0.589. The van der Waals surface area contributed by atoms with Crippen LogP contribution in [0.4, 0.5) is 0 Å². The molecule has 0 N–H and O–H groups in total. The molecule has 1 aromatic carbocycles. The molecule has 1 rings (SSSR count). The Hall–Kier alpha value is -1.05. The van der Waals surface area contributed by atoms with Gasteiger partial charge in [0.05, 0.1) is 6.61 Å². The van der Waals surface area contributed by atoms with Crippen LogP contribution in [0, 0.1) is 11.3 Å². The summed E-state index contributed by atoms with van der Waals surface area (Å²) in [7, 11) is 0. The molecule has 0 aliphatic heterocycles. The van der Waals surface area contributed by atoms with Crippen LogP contribution in [0.3, 0.4) is 0 Å². The highest BCUT2D eigenvalue weighted by molar-refractivity contribution is 9.10. The summed E-state index contributed by atoms with van der Waals surface area (Å²) in [6.45, 7) is 3.60. The van der Waals surface area contributed by atoms with Gasteiger partial charge in [0.1, 0.15) is 24.0 Å². The quantitative estimate of drug-likeness (QED) is 0.772. The van der Waals surface area contributed by atoms with Gasteiger partial charge >= 0.3 is 0 Å². The number of hydrogen-bond acceptors (Lipinski definition) is 3. The molecule has 0 radical (unpaired) electrons. The van der Waals surface area contributed by atoms with Gasteiger partial charge in [-0.15, -0.1) is 0 Å². The van der Waals surface area contributed by atoms with E-state index in [0.717, 1.165) is 4.47 Å². The third kappa shape index (κ3) is 3.54. The molecule has 80 valence electrons. The maximum absolute atomic E-state index is 8.91. The molecule has 0 aliphatic rings. The molecule has 0 aliphatic carbocycles. The second-order valence-electron chi connectivity index (χ2n) is 2.77. The highest BCUT2D eigenvalue weighted by atomic mass is 79.9. The lowest BCUT2D eigenvalue weighted by molar-refractivity contribution is 0.110. The van der Waals surface area contributed by atoms with E-state index in [0.29, 0.717) is 31.1 Å². The summed E-state index contributed by atoms with van der Waals surface area (Å²) in [6.07, 6.45) is 0. The lowest BCUT2D eigenvalue weighted by Crippen LogP contribution is -2.07. The Labute approximate surface area is 97.7 Å². The zero-order chi connectivity index (χ0) is 11.1. The molecule has 0 amide bonds. The van der Waals surface area contributed by atoms with Crippen molar-refractivity contribution in [1.82, 2.24) is 0 Å². The number of benzene rings is 1. The molecule has 4 heteroatoms. The van der Waals surface area contributed by atoms with Crippen molar-refractivity contribution in [2.45, 2.75) is 6.92 Å². The fraction of sp³-hybridized carbons (Fsp3) is 0.364. The predicted octanol–water partition coefficient (Wildman–Crippen LogP) is 2.74. The van der Waals surface area contributed by atoms with Crippen molar-refractivity contribution in [2.24, 2.45) is 0 Å². The number of halogens is 1. The fourth-order valence-corrected chi connectivity index (χ4v) is 1.52. The van der Waals surface area contributed by atoms with Crippen LogP contribution in [-0.2, 0) is 4.74 Å². The second-order valence-corrected chi connectivity index (χ2v) is 3.62. The molecule has 0 unspecified atom stereocenters. The number of nitrogens with zero attached hydrogens (tertiary/aromatic N) is 1. The first-order valence-electron chi connectivity index (χ1n) is 4.68. The molecule has 1 aromatic rings. The van der Waals surface area contributed by atoms with E-state index < -0.39 is 0 Å². The van der Waals surface area contributed by atoms with Gasteiger partial charge in [0.15, 0.2) is 0 Å². The third-order valence-corrected chi connectivity index (χ3v) is 2.44. The van der Waals surface area contributed by atoms with E-state index in [-0.39, 0.29) is 0 Å². The average Bonchev–Trinajstić information content (AvgIpc) is 2.24. The van der Waals surface area contributed by atoms with Crippen molar-refractivity contribution in [2.75, 3.05) is 19.8 Å². The average molecular weight is 270 g/mol. The Balaban J connectivity index is 2.61. The summed E-state index contributed by atoms with van der Waals surface area (Å²) < 4.78 is 11.3. The van der Waals surface area contributed by atoms with Gasteiger partial charge in [-0.1, -0.05) is 6.07 Å². The standard InChI is InChI=1S/C11H12BrNO2/c1-2-14-6-7-15-11-5-3-4-10(12)9(11)8-13/h3-5H,2,6-7H2,1H3. The van der Waals surface area contributed by atoms with Crippen LogP contribution in [0.2, 0.25) is 0 Å². The highest BCUT2D eigenvalue weighted by Gasteiger charge is 2.06. The van der Waals surface area contributed by atoms with E-state index in [1.807, 2.05) is 19.1 Å². The maximum Gasteiger partial charge on any atom is 0.138 e. The lowest BCUT2D eigenvalue weighted by Gasteiger charge is -2.08. The normalized spacial score (nSPS) is 9.67. The number of ether oxygens (including phenoxy) is 2. The molecule has 0 spiro atoms. The van der Waals surface area contributed by atoms with E-state index in [1.54, 1.807) is 6.07 Å². The van der Waals surface area contributed by atoms with E-state index in [4.69, 9.17) is 14.7 Å². The van der Waals surface area contributed by atoms with E-state index in [1.165, 1.54) is 0 Å². The van der Waals surface area contributed by atoms with Gasteiger partial charge in [0.2, 0.25) is 0 Å². The zero-order valence-electron chi connectivity index (χ0n) is 8.50. The fourth-order valence-electron chi connectivity index (χ4n) is 1.09. The van der Waals surface area contributed by atoms with Crippen LogP contribution in [-0.4, -0.2) is 19.8 Å². The maximum atomic E-state index is 8.91. The smallest absolute Gasteiger partial charge is 0.138 e. The minimum Gasteiger partial charge on any atom is -0.490 e. The molecular formula is C11H12BrNO2. The van der Waals surface area contributed by atoms with Crippen molar-refractivity contribution >= 4 is 15.9 Å². The van der Waals surface area contributed by atoms with Crippen molar-refractivity contribution in [1.29, 1.82) is 5.26 Å². The van der Waals surface area contributed by atoms with E-state index in [9.17, 15) is 0 Å². The second kappa shape index (κ2) is 6.44. The third-order valence-electron chi connectivity index (χ3n) is 1.78. The van der Waals surface area contributed by atoms with Crippen LogP contribution in [0.1, 0.15) is 12.5 Å². The van der Waals surface area contributed by atoms with Gasteiger partial charge < -0.3 is 9.47 Å². The molecule has 0 heterocycles. The summed E-state index contributed by atoms with van der Waals surface area (Å²) in [4.78, 5) is 0. The number of nitriles is 1. The Kier molecular flexibility index (Phi) is 5.16. The van der Waals surface area contributed by atoms with Crippen molar-refractivity contribution in [3.63, 3.8) is 0 Å². The minimum atomic E-state index is 0.457. The zero-order valence-corrected chi connectivity index (χ0v) is 10.1. The van der Waals surface area contributed by atoms with Gasteiger partial charge in [-0.2, -0.15) is 5.26 Å². The van der Waals surface area contributed by atoms with Gasteiger partial charge in [-0.3, -0.25) is 0 Å². The van der Waals surface area contributed by atoms with E-state index in [2.05, 4.69) is 22.0 Å². The monoisotopic (exact) mass is 269 g/mol. The van der Waals surface area contributed by atoms with Crippen LogP contribution in [0.25, 0.3) is 0 Å². The Morgan fingerprint density at radius 1 is 1.40 bits per heavy atom. The molecule has 0 saturated heterocycles. The molecule has 0 bridgehead atoms. The molecule has 15 heavy (non-hydrogen) atoms. The van der Waals surface area contributed by atoms with Crippen LogP contribution < -0.4 is 4.74 Å². The van der Waals surface area contributed by atoms with Gasteiger partial charge in [0, 0.05) is 11.1 Å². The largest absolute Gasteiger partial charge is 0.490 e. The van der Waals surface area contributed by atoms with Gasteiger partial charge in [-0.05, 0) is 35.0 Å². The molecule has 3 nitrogen and oxygen atoms in total. The van der Waals surface area contributed by atoms with Gasteiger partial charge in [-0.25, -0.2) is 0 Å². The van der Waals surface area contributed by atoms with E-state index >= 15 is 0 Å². The molecule has 0 fully saturated rings. The van der Waals surface area contributed by atoms with Crippen LogP contribution in [0.15, 0.2) is 22.7 Å². The lowest BCUT2D eigenvalue weighted by atomic mass is 10.2. The molecular weight excluding hydrogens is 258 g/mol. The highest BCUT2D eigenvalue weighted by Crippen LogP contribution is 2.25. The first-order chi connectivity index (χ1) is 7.29. The topological polar surface area (TPSA) is 42.2 Å². The Morgan fingerprint density at radius 3 is 2.87 bits per heavy atom. The summed E-state index contributed by atoms with van der Waals surface area (Å²) in [5.41, 5.74) is 0.522. The molecule has 0 saturated carbocycles. The van der Waals surface area contributed by atoms with Crippen molar-refractivity contribution < 1.29 is 9.47 Å². The number of hydrogen-bond donors (Lipinski definition) is 0. The number of rotatable bonds is 5. The Morgan fingerprint density at radius 2 is 2.20 bits per heavy atom. The first kappa shape index (κ1) is 12.0. The van der Waals surface area contributed by atoms with Gasteiger partial charge in [0.25, 0.3) is 0 Å². The summed E-state index contributed by atoms with van der Waals surface area (Å²) >= 11 is 3.30. The van der Waals surface area contributed by atoms with Crippen LogP contribution in [0.5, 0.6) is 5.75 Å². The SMILES string of the molecule is CCOCCOc1cccc(Br)c1C#N. The van der Waals surface area contributed by atoms with Crippen molar-refractivity contribution in [3.8, 4) is 11.8 Å². The summed E-state index contributed by atoms with van der Waals surface area (Å²) in [6, 6.07) is 7.51. The molecule has 0 aromatic heterocycles. The minimum absolute atomic E-state index is 0.457. The molecule has 0 atom stereocenters.